The van der Waals surface area contributed by atoms with Gasteiger partial charge in [0.1, 0.15) is 30.6 Å². The predicted molar refractivity (Wildman–Crippen MR) is 99.8 cm³/mol. The van der Waals surface area contributed by atoms with Crippen molar-refractivity contribution in [2.75, 3.05) is 13.2 Å². The summed E-state index contributed by atoms with van der Waals surface area (Å²) in [6, 6.07) is 16.3. The Kier molecular flexibility index (Phi) is 3.58. The number of benzene rings is 2. The smallest absolute Gasteiger partial charge is 0.205 e. The van der Waals surface area contributed by atoms with Gasteiger partial charge < -0.3 is 19.9 Å². The molecule has 2 N–H and O–H groups in total. The Bertz CT molecular complexity index is 1050. The third kappa shape index (κ3) is 2.45. The number of fused-ring (bicyclic) bond motifs is 3. The fourth-order valence-corrected chi connectivity index (χ4v) is 4.12. The minimum atomic E-state index is -0.233. The zero-order chi connectivity index (χ0) is 18.4. The van der Waals surface area contributed by atoms with Crippen molar-refractivity contribution in [3.63, 3.8) is 0 Å². The van der Waals surface area contributed by atoms with E-state index in [-0.39, 0.29) is 11.8 Å². The second kappa shape index (κ2) is 6.10. The number of hydrogen-bond acceptors (Lipinski definition) is 5. The molecule has 5 heteroatoms. The van der Waals surface area contributed by atoms with Crippen molar-refractivity contribution in [3.05, 3.63) is 76.2 Å². The summed E-state index contributed by atoms with van der Waals surface area (Å²) in [7, 11) is 0. The monoisotopic (exact) mass is 358 g/mol. The Labute approximate surface area is 157 Å². The summed E-state index contributed by atoms with van der Waals surface area (Å²) in [5.41, 5.74) is 11.0. The molecule has 0 saturated carbocycles. The van der Waals surface area contributed by atoms with E-state index in [2.05, 4.69) is 18.2 Å². The molecule has 1 unspecified atom stereocenters. The van der Waals surface area contributed by atoms with Crippen LogP contribution >= 0.6 is 0 Å². The number of rotatable bonds is 1. The van der Waals surface area contributed by atoms with Gasteiger partial charge in [-0.1, -0.05) is 30.3 Å². The third-order valence-electron chi connectivity index (χ3n) is 5.35. The number of ether oxygens (including phenoxy) is 3. The lowest BCUT2D eigenvalue weighted by Gasteiger charge is -2.33. The molecule has 2 aromatic rings. The molecule has 0 aromatic heterocycles. The zero-order valence-corrected chi connectivity index (χ0v) is 14.7. The molecule has 134 valence electrons. The van der Waals surface area contributed by atoms with Gasteiger partial charge in [0.25, 0.3) is 0 Å². The second-order valence-corrected chi connectivity index (χ2v) is 6.84. The lowest BCUT2D eigenvalue weighted by Crippen LogP contribution is -2.23. The minimum Gasteiger partial charge on any atom is -0.486 e. The maximum atomic E-state index is 9.77. The fourth-order valence-electron chi connectivity index (χ4n) is 4.12. The molecule has 0 radical (unpaired) electrons. The average Bonchev–Trinajstić information content (AvgIpc) is 2.72. The number of hydrogen-bond donors (Lipinski definition) is 1. The van der Waals surface area contributed by atoms with Gasteiger partial charge in [-0.25, -0.2) is 0 Å². The highest BCUT2D eigenvalue weighted by atomic mass is 16.6. The van der Waals surface area contributed by atoms with Crippen molar-refractivity contribution in [2.24, 2.45) is 5.73 Å². The van der Waals surface area contributed by atoms with Gasteiger partial charge >= 0.3 is 0 Å². The summed E-state index contributed by atoms with van der Waals surface area (Å²) in [5, 5.41) is 9.77. The SMILES string of the molecule is N#CC1=C(N)OC2=C(CCc3ccccc32)C1c1ccc2c(c1)OCCO2. The van der Waals surface area contributed by atoms with Crippen LogP contribution in [-0.4, -0.2) is 13.2 Å². The summed E-state index contributed by atoms with van der Waals surface area (Å²) in [6.07, 6.45) is 1.74. The first-order valence-corrected chi connectivity index (χ1v) is 9.04. The van der Waals surface area contributed by atoms with Crippen LogP contribution < -0.4 is 15.2 Å². The van der Waals surface area contributed by atoms with E-state index in [1.165, 1.54) is 5.56 Å². The van der Waals surface area contributed by atoms with Crippen LogP contribution in [0.4, 0.5) is 0 Å². The number of nitriles is 1. The highest BCUT2D eigenvalue weighted by Gasteiger charge is 2.36. The van der Waals surface area contributed by atoms with Gasteiger partial charge in [-0.3, -0.25) is 0 Å². The van der Waals surface area contributed by atoms with E-state index >= 15 is 0 Å². The van der Waals surface area contributed by atoms with Crippen LogP contribution in [-0.2, 0) is 11.2 Å². The van der Waals surface area contributed by atoms with Crippen LogP contribution in [0.1, 0.15) is 29.0 Å². The molecule has 2 aliphatic heterocycles. The number of nitrogens with zero attached hydrogens (tertiary/aromatic N) is 1. The fraction of sp³-hybridized carbons (Fsp3) is 0.227. The van der Waals surface area contributed by atoms with Crippen LogP contribution in [0.5, 0.6) is 11.5 Å². The molecule has 0 bridgehead atoms. The maximum absolute atomic E-state index is 9.77. The Morgan fingerprint density at radius 3 is 2.67 bits per heavy atom. The molecule has 27 heavy (non-hydrogen) atoms. The van der Waals surface area contributed by atoms with Gasteiger partial charge in [0.05, 0.1) is 0 Å². The highest BCUT2D eigenvalue weighted by Crippen LogP contribution is 2.48. The molecule has 2 aromatic carbocycles. The normalized spacial score (nSPS) is 20.3. The average molecular weight is 358 g/mol. The van der Waals surface area contributed by atoms with Crippen LogP contribution in [0.3, 0.4) is 0 Å². The molecule has 0 spiro atoms. The molecule has 3 aliphatic rings. The Balaban J connectivity index is 1.68. The van der Waals surface area contributed by atoms with Crippen molar-refractivity contribution < 1.29 is 14.2 Å². The zero-order valence-electron chi connectivity index (χ0n) is 14.7. The summed E-state index contributed by atoms with van der Waals surface area (Å²) in [5.74, 6) is 2.17. The van der Waals surface area contributed by atoms with E-state index in [0.29, 0.717) is 24.5 Å². The van der Waals surface area contributed by atoms with Crippen molar-refractivity contribution in [1.29, 1.82) is 5.26 Å². The van der Waals surface area contributed by atoms with Gasteiger partial charge in [-0.2, -0.15) is 5.26 Å². The van der Waals surface area contributed by atoms with E-state index in [4.69, 9.17) is 19.9 Å². The molecule has 0 amide bonds. The molecule has 1 aliphatic carbocycles. The van der Waals surface area contributed by atoms with Crippen LogP contribution in [0.25, 0.3) is 5.76 Å². The first-order chi connectivity index (χ1) is 13.3. The number of nitrogens with two attached hydrogens (primary N) is 1. The van der Waals surface area contributed by atoms with E-state index in [1.54, 1.807) is 0 Å². The van der Waals surface area contributed by atoms with E-state index in [0.717, 1.165) is 41.1 Å². The van der Waals surface area contributed by atoms with Crippen molar-refractivity contribution in [2.45, 2.75) is 18.8 Å². The first kappa shape index (κ1) is 15.8. The molecular formula is C22H18N2O3. The molecule has 5 nitrogen and oxygen atoms in total. The minimum absolute atomic E-state index is 0.174. The molecule has 0 fully saturated rings. The van der Waals surface area contributed by atoms with Gasteiger partial charge in [0, 0.05) is 11.5 Å². The van der Waals surface area contributed by atoms with Crippen molar-refractivity contribution in [3.8, 4) is 17.6 Å². The Hall–Kier alpha value is -3.39. The predicted octanol–water partition coefficient (Wildman–Crippen LogP) is 3.62. The summed E-state index contributed by atoms with van der Waals surface area (Å²) in [4.78, 5) is 0. The lowest BCUT2D eigenvalue weighted by atomic mass is 9.76. The number of allylic oxidation sites excluding steroid dienone is 2. The quantitative estimate of drug-likeness (QED) is 0.842. The highest BCUT2D eigenvalue weighted by molar-refractivity contribution is 5.74. The van der Waals surface area contributed by atoms with E-state index in [1.807, 2.05) is 30.3 Å². The van der Waals surface area contributed by atoms with Gasteiger partial charge in [0.15, 0.2) is 11.5 Å². The summed E-state index contributed by atoms with van der Waals surface area (Å²) in [6.45, 7) is 1.07. The van der Waals surface area contributed by atoms with Gasteiger partial charge in [0.2, 0.25) is 5.88 Å². The van der Waals surface area contributed by atoms with Crippen LogP contribution in [0, 0.1) is 11.3 Å². The summed E-state index contributed by atoms with van der Waals surface area (Å²) >= 11 is 0. The van der Waals surface area contributed by atoms with Crippen molar-refractivity contribution in [1.82, 2.24) is 0 Å². The molecule has 1 atom stereocenters. The molecule has 5 rings (SSSR count). The van der Waals surface area contributed by atoms with Gasteiger partial charge in [-0.15, -0.1) is 0 Å². The largest absolute Gasteiger partial charge is 0.486 e. The number of aryl methyl sites for hydroxylation is 1. The first-order valence-electron chi connectivity index (χ1n) is 9.04. The molecule has 2 heterocycles. The topological polar surface area (TPSA) is 77.5 Å². The van der Waals surface area contributed by atoms with Crippen molar-refractivity contribution >= 4 is 5.76 Å². The Morgan fingerprint density at radius 2 is 1.81 bits per heavy atom. The summed E-state index contributed by atoms with van der Waals surface area (Å²) < 4.78 is 17.3. The van der Waals surface area contributed by atoms with Crippen LogP contribution in [0.2, 0.25) is 0 Å². The molecular weight excluding hydrogens is 340 g/mol. The standard InChI is InChI=1S/C22H18N2O3/c23-12-17-20(14-6-8-18-19(11-14)26-10-9-25-18)16-7-5-13-3-1-2-4-15(13)21(16)27-22(17)24/h1-4,6,8,11,20H,5,7,9-10,24H2. The van der Waals surface area contributed by atoms with Gasteiger partial charge in [-0.05, 0) is 41.7 Å². The third-order valence-corrected chi connectivity index (χ3v) is 5.35. The second-order valence-electron chi connectivity index (χ2n) is 6.84. The van der Waals surface area contributed by atoms with Crippen LogP contribution in [0.15, 0.2) is 59.5 Å². The maximum Gasteiger partial charge on any atom is 0.205 e. The Morgan fingerprint density at radius 1 is 1.00 bits per heavy atom. The van der Waals surface area contributed by atoms with E-state index < -0.39 is 0 Å². The lowest BCUT2D eigenvalue weighted by molar-refractivity contribution is 0.171. The van der Waals surface area contributed by atoms with E-state index in [9.17, 15) is 5.26 Å². The molecule has 0 saturated heterocycles.